The van der Waals surface area contributed by atoms with Gasteiger partial charge in [0.1, 0.15) is 5.75 Å². The number of benzene rings is 1. The number of nitrogens with zero attached hydrogens (tertiary/aromatic N) is 3. The Kier molecular flexibility index (Phi) is 14.1. The third-order valence-corrected chi connectivity index (χ3v) is 3.74. The molecule has 11 heteroatoms. The van der Waals surface area contributed by atoms with E-state index in [1.54, 1.807) is 48.6 Å². The number of hydrogen-bond acceptors (Lipinski definition) is 6. The SMILES string of the molecule is CC(Oc1cccc(Cl)c1)C(=O)N(CCN(C)C)Cc1cnc[nH]1.O=CO.O=CO. The van der Waals surface area contributed by atoms with Gasteiger partial charge >= 0.3 is 0 Å². The molecular weight excluding hydrogens is 416 g/mol. The summed E-state index contributed by atoms with van der Waals surface area (Å²) in [5, 5.41) is 14.4. The Morgan fingerprint density at radius 3 is 2.40 bits per heavy atom. The lowest BCUT2D eigenvalue weighted by atomic mass is 10.3. The lowest BCUT2D eigenvalue weighted by Gasteiger charge is -2.27. The summed E-state index contributed by atoms with van der Waals surface area (Å²) in [5.74, 6) is 0.504. The van der Waals surface area contributed by atoms with Crippen molar-refractivity contribution in [1.29, 1.82) is 0 Å². The van der Waals surface area contributed by atoms with Crippen molar-refractivity contribution in [2.45, 2.75) is 19.6 Å². The van der Waals surface area contributed by atoms with Crippen LogP contribution in [-0.4, -0.2) is 82.1 Å². The van der Waals surface area contributed by atoms with Crippen molar-refractivity contribution in [2.75, 3.05) is 27.2 Å². The summed E-state index contributed by atoms with van der Waals surface area (Å²) in [7, 11) is 3.95. The molecule has 0 radical (unpaired) electrons. The number of hydrogen-bond donors (Lipinski definition) is 3. The molecule has 0 saturated heterocycles. The number of aromatic nitrogens is 2. The van der Waals surface area contributed by atoms with E-state index >= 15 is 0 Å². The molecule has 1 aromatic carbocycles. The number of amides is 1. The monoisotopic (exact) mass is 442 g/mol. The van der Waals surface area contributed by atoms with Crippen molar-refractivity contribution in [1.82, 2.24) is 19.8 Å². The predicted molar refractivity (Wildman–Crippen MR) is 111 cm³/mol. The van der Waals surface area contributed by atoms with Crippen LogP contribution in [0.3, 0.4) is 0 Å². The van der Waals surface area contributed by atoms with Crippen molar-refractivity contribution in [2.24, 2.45) is 0 Å². The minimum Gasteiger partial charge on any atom is -0.483 e. The zero-order valence-electron chi connectivity index (χ0n) is 17.1. The number of nitrogens with one attached hydrogen (secondary N) is 1. The van der Waals surface area contributed by atoms with Gasteiger partial charge in [-0.2, -0.15) is 0 Å². The first-order valence-corrected chi connectivity index (χ1v) is 9.15. The van der Waals surface area contributed by atoms with Crippen molar-refractivity contribution in [3.8, 4) is 5.75 Å². The Morgan fingerprint density at radius 1 is 1.27 bits per heavy atom. The fraction of sp³-hybridized carbons (Fsp3) is 0.368. The predicted octanol–water partition coefficient (Wildman–Crippen LogP) is 1.82. The van der Waals surface area contributed by atoms with E-state index in [9.17, 15) is 4.79 Å². The molecule has 2 aromatic rings. The maximum atomic E-state index is 12.8. The number of ether oxygens (including phenoxy) is 1. The Bertz CT molecular complexity index is 736. The molecule has 1 atom stereocenters. The lowest BCUT2D eigenvalue weighted by Crippen LogP contribution is -2.43. The Balaban J connectivity index is 0.00000125. The molecule has 2 rings (SSSR count). The smallest absolute Gasteiger partial charge is 0.290 e. The van der Waals surface area contributed by atoms with Gasteiger partial charge in [-0.1, -0.05) is 17.7 Å². The van der Waals surface area contributed by atoms with Crippen LogP contribution < -0.4 is 4.74 Å². The van der Waals surface area contributed by atoms with Gasteiger partial charge in [0.15, 0.2) is 6.10 Å². The number of aromatic amines is 1. The van der Waals surface area contributed by atoms with E-state index in [1.165, 1.54) is 0 Å². The molecule has 30 heavy (non-hydrogen) atoms. The molecule has 1 heterocycles. The molecule has 0 aliphatic heterocycles. The first-order valence-electron chi connectivity index (χ1n) is 8.77. The second-order valence-corrected chi connectivity index (χ2v) is 6.50. The Hall–Kier alpha value is -3.11. The fourth-order valence-corrected chi connectivity index (χ4v) is 2.40. The van der Waals surface area contributed by atoms with Crippen LogP contribution in [-0.2, 0) is 20.9 Å². The average Bonchev–Trinajstić information content (AvgIpc) is 3.19. The third kappa shape index (κ3) is 11.7. The van der Waals surface area contributed by atoms with E-state index < -0.39 is 6.10 Å². The highest BCUT2D eigenvalue weighted by Gasteiger charge is 2.23. The summed E-state index contributed by atoms with van der Waals surface area (Å²) >= 11 is 5.96. The molecule has 0 bridgehead atoms. The Labute approximate surface area is 180 Å². The zero-order chi connectivity index (χ0) is 22.9. The van der Waals surface area contributed by atoms with Gasteiger partial charge in [-0.05, 0) is 39.2 Å². The Morgan fingerprint density at radius 2 is 1.90 bits per heavy atom. The van der Waals surface area contributed by atoms with E-state index in [1.807, 2.05) is 19.0 Å². The van der Waals surface area contributed by atoms with Crippen molar-refractivity contribution < 1.29 is 29.3 Å². The summed E-state index contributed by atoms with van der Waals surface area (Å²) in [6.45, 7) is 3.09. The van der Waals surface area contributed by atoms with Crippen LogP contribution in [0.5, 0.6) is 5.75 Å². The van der Waals surface area contributed by atoms with Crippen LogP contribution >= 0.6 is 11.6 Å². The van der Waals surface area contributed by atoms with E-state index in [-0.39, 0.29) is 18.9 Å². The summed E-state index contributed by atoms with van der Waals surface area (Å²) in [6.07, 6.45) is 2.72. The summed E-state index contributed by atoms with van der Waals surface area (Å²) < 4.78 is 5.75. The maximum absolute atomic E-state index is 12.8. The second kappa shape index (κ2) is 15.8. The van der Waals surface area contributed by atoms with Gasteiger partial charge in [-0.3, -0.25) is 14.4 Å². The van der Waals surface area contributed by atoms with E-state index in [0.717, 1.165) is 12.2 Å². The number of imidazole rings is 1. The summed E-state index contributed by atoms with van der Waals surface area (Å²) in [4.78, 5) is 40.3. The number of carbonyl (C=O) groups excluding carboxylic acids is 1. The highest BCUT2D eigenvalue weighted by atomic mass is 35.5. The number of likely N-dealkylation sites (N-methyl/N-ethyl adjacent to an activating group) is 1. The molecule has 3 N–H and O–H groups in total. The first kappa shape index (κ1) is 26.9. The quantitative estimate of drug-likeness (QED) is 0.526. The number of halogens is 1. The van der Waals surface area contributed by atoms with Gasteiger partial charge in [0.2, 0.25) is 0 Å². The van der Waals surface area contributed by atoms with Crippen LogP contribution in [0.1, 0.15) is 12.6 Å². The van der Waals surface area contributed by atoms with Gasteiger partial charge in [-0.15, -0.1) is 0 Å². The van der Waals surface area contributed by atoms with Crippen LogP contribution in [0.2, 0.25) is 5.02 Å². The molecule has 1 aromatic heterocycles. The average molecular weight is 443 g/mol. The fourth-order valence-electron chi connectivity index (χ4n) is 2.22. The van der Waals surface area contributed by atoms with Crippen LogP contribution in [0.15, 0.2) is 36.8 Å². The molecule has 1 unspecified atom stereocenters. The standard InChI is InChI=1S/C17H23ClN4O2.2CH2O2/c1-13(24-16-6-4-5-14(18)9-16)17(23)22(8-7-21(2)3)11-15-10-19-12-20-15;2*2-1-3/h4-6,9-10,12-13H,7-8,11H2,1-3H3,(H,19,20);2*1H,(H,2,3). The van der Waals surface area contributed by atoms with Gasteiger partial charge in [0, 0.05) is 24.3 Å². The number of rotatable bonds is 8. The van der Waals surface area contributed by atoms with Gasteiger partial charge < -0.3 is 29.7 Å². The largest absolute Gasteiger partial charge is 0.483 e. The molecule has 10 nitrogen and oxygen atoms in total. The number of H-pyrrole nitrogens is 1. The van der Waals surface area contributed by atoms with Crippen molar-refractivity contribution in [3.05, 3.63) is 47.5 Å². The van der Waals surface area contributed by atoms with E-state index in [0.29, 0.717) is 23.9 Å². The molecule has 0 fully saturated rings. The molecule has 0 aliphatic carbocycles. The molecule has 1 amide bonds. The zero-order valence-corrected chi connectivity index (χ0v) is 17.8. The maximum Gasteiger partial charge on any atom is 0.290 e. The normalized spacial score (nSPS) is 10.6. The van der Waals surface area contributed by atoms with Crippen LogP contribution in [0.4, 0.5) is 0 Å². The summed E-state index contributed by atoms with van der Waals surface area (Å²) in [5.41, 5.74) is 0.886. The highest BCUT2D eigenvalue weighted by Crippen LogP contribution is 2.19. The first-order chi connectivity index (χ1) is 14.3. The highest BCUT2D eigenvalue weighted by molar-refractivity contribution is 6.30. The minimum atomic E-state index is -0.603. The topological polar surface area (TPSA) is 136 Å². The number of carbonyl (C=O) groups is 3. The molecule has 0 spiro atoms. The van der Waals surface area contributed by atoms with Gasteiger partial charge in [-0.25, -0.2) is 4.98 Å². The van der Waals surface area contributed by atoms with Crippen molar-refractivity contribution in [3.63, 3.8) is 0 Å². The van der Waals surface area contributed by atoms with E-state index in [2.05, 4.69) is 9.97 Å². The second-order valence-electron chi connectivity index (χ2n) is 6.07. The lowest BCUT2D eigenvalue weighted by molar-refractivity contribution is -0.138. The van der Waals surface area contributed by atoms with E-state index in [4.69, 9.17) is 36.1 Å². The number of carboxylic acid groups (broad SMARTS) is 2. The molecule has 0 saturated carbocycles. The van der Waals surface area contributed by atoms with Gasteiger partial charge in [0.05, 0.1) is 18.6 Å². The molecular formula is C19H27ClN4O6. The van der Waals surface area contributed by atoms with Crippen LogP contribution in [0, 0.1) is 0 Å². The molecule has 0 aliphatic rings. The molecule has 166 valence electrons. The van der Waals surface area contributed by atoms with Gasteiger partial charge in [0.25, 0.3) is 18.9 Å². The minimum absolute atomic E-state index is 0.0774. The van der Waals surface area contributed by atoms with Crippen molar-refractivity contribution >= 4 is 30.5 Å². The third-order valence-electron chi connectivity index (χ3n) is 3.50. The summed E-state index contributed by atoms with van der Waals surface area (Å²) in [6, 6.07) is 7.05. The van der Waals surface area contributed by atoms with Crippen LogP contribution in [0.25, 0.3) is 0 Å².